The van der Waals surface area contributed by atoms with Crippen molar-refractivity contribution < 1.29 is 8.78 Å². The van der Waals surface area contributed by atoms with Gasteiger partial charge in [-0.1, -0.05) is 38.5 Å². The first-order valence-corrected chi connectivity index (χ1v) is 9.92. The average molecular weight is 368 g/mol. The predicted molar refractivity (Wildman–Crippen MR) is 104 cm³/mol. The van der Waals surface area contributed by atoms with E-state index in [1.165, 1.54) is 18.6 Å². The molecule has 142 valence electrons. The molecule has 3 rings (SSSR count). The molecular weight excluding hydrogens is 342 g/mol. The lowest BCUT2D eigenvalue weighted by Gasteiger charge is -2.24. The van der Waals surface area contributed by atoms with Crippen LogP contribution < -0.4 is 0 Å². The Kier molecular flexibility index (Phi) is 6.55. The Hall–Kier alpha value is -2.28. The van der Waals surface area contributed by atoms with Crippen LogP contribution in [0.5, 0.6) is 0 Å². The summed E-state index contributed by atoms with van der Waals surface area (Å²) in [5.41, 5.74) is 1.20. The van der Waals surface area contributed by atoms with E-state index in [1.807, 2.05) is 0 Å². The van der Waals surface area contributed by atoms with Crippen LogP contribution >= 0.6 is 0 Å². The molecule has 0 aliphatic heterocycles. The quantitative estimate of drug-likeness (QED) is 0.624. The third kappa shape index (κ3) is 4.91. The molecule has 0 atom stereocenters. The van der Waals surface area contributed by atoms with Crippen molar-refractivity contribution in [3.8, 4) is 23.2 Å². The molecule has 27 heavy (non-hydrogen) atoms. The van der Waals surface area contributed by atoms with E-state index in [0.29, 0.717) is 11.4 Å². The molecule has 1 aliphatic carbocycles. The topological polar surface area (TPSA) is 25.8 Å². The van der Waals surface area contributed by atoms with Crippen LogP contribution in [0.1, 0.15) is 63.5 Å². The average Bonchev–Trinajstić information content (AvgIpc) is 2.68. The summed E-state index contributed by atoms with van der Waals surface area (Å²) in [4.78, 5) is 8.47. The van der Waals surface area contributed by atoms with Gasteiger partial charge in [-0.05, 0) is 55.7 Å². The van der Waals surface area contributed by atoms with Gasteiger partial charge in [-0.15, -0.1) is 0 Å². The van der Waals surface area contributed by atoms with Gasteiger partial charge in [-0.3, -0.25) is 0 Å². The summed E-state index contributed by atoms with van der Waals surface area (Å²) in [6, 6.07) is 2.55. The van der Waals surface area contributed by atoms with E-state index in [-0.39, 0.29) is 11.5 Å². The Morgan fingerprint density at radius 2 is 1.63 bits per heavy atom. The van der Waals surface area contributed by atoms with E-state index in [0.717, 1.165) is 50.0 Å². The maximum atomic E-state index is 14.5. The fraction of sp³-hybridized carbons (Fsp3) is 0.478. The van der Waals surface area contributed by atoms with Crippen molar-refractivity contribution in [3.05, 3.63) is 47.3 Å². The minimum atomic E-state index is -0.652. The maximum Gasteiger partial charge on any atom is 0.159 e. The number of halogens is 2. The highest BCUT2D eigenvalue weighted by Gasteiger charge is 2.18. The van der Waals surface area contributed by atoms with Crippen molar-refractivity contribution in [1.82, 2.24) is 9.97 Å². The number of aryl methyl sites for hydroxylation is 1. The predicted octanol–water partition coefficient (Wildman–Crippen LogP) is 5.94. The monoisotopic (exact) mass is 368 g/mol. The summed E-state index contributed by atoms with van der Waals surface area (Å²) in [6.45, 7) is 4.29. The second kappa shape index (κ2) is 9.08. The zero-order valence-electron chi connectivity index (χ0n) is 16.1. The number of hydrogen-bond acceptors (Lipinski definition) is 2. The van der Waals surface area contributed by atoms with Crippen molar-refractivity contribution >= 4 is 0 Å². The summed E-state index contributed by atoms with van der Waals surface area (Å²) < 4.78 is 28.9. The Morgan fingerprint density at radius 1 is 1.00 bits per heavy atom. The van der Waals surface area contributed by atoms with E-state index in [4.69, 9.17) is 0 Å². The highest BCUT2D eigenvalue weighted by Crippen LogP contribution is 2.30. The van der Waals surface area contributed by atoms with Gasteiger partial charge in [0.15, 0.2) is 5.82 Å². The fourth-order valence-electron chi connectivity index (χ4n) is 3.63. The summed E-state index contributed by atoms with van der Waals surface area (Å²) in [7, 11) is 0. The number of hydrogen-bond donors (Lipinski definition) is 0. The van der Waals surface area contributed by atoms with Crippen LogP contribution in [-0.2, 0) is 6.42 Å². The molecule has 1 aliphatic rings. The molecule has 0 radical (unpaired) electrons. The molecule has 2 nitrogen and oxygen atoms in total. The second-order valence-electron chi connectivity index (χ2n) is 7.38. The molecule has 1 saturated carbocycles. The Morgan fingerprint density at radius 3 is 2.19 bits per heavy atom. The highest BCUT2D eigenvalue weighted by molar-refractivity contribution is 5.57. The Balaban J connectivity index is 1.76. The zero-order valence-corrected chi connectivity index (χ0v) is 16.1. The Labute approximate surface area is 160 Å². The van der Waals surface area contributed by atoms with E-state index >= 15 is 0 Å². The molecule has 0 unspecified atom stereocenters. The summed E-state index contributed by atoms with van der Waals surface area (Å²) in [6.07, 6.45) is 10.9. The van der Waals surface area contributed by atoms with Crippen molar-refractivity contribution in [2.24, 2.45) is 11.8 Å². The lowest BCUT2D eigenvalue weighted by molar-refractivity contribution is 0.309. The molecule has 0 saturated heterocycles. The largest absolute Gasteiger partial charge is 0.236 e. The van der Waals surface area contributed by atoms with Crippen LogP contribution in [0, 0.1) is 35.3 Å². The summed E-state index contributed by atoms with van der Waals surface area (Å²) >= 11 is 0. The number of nitrogens with zero attached hydrogens (tertiary/aromatic N) is 2. The van der Waals surface area contributed by atoms with Crippen molar-refractivity contribution in [3.63, 3.8) is 0 Å². The first-order chi connectivity index (χ1) is 13.1. The normalized spacial score (nSPS) is 19.4. The minimum Gasteiger partial charge on any atom is -0.236 e. The summed E-state index contributed by atoms with van der Waals surface area (Å²) in [5, 5.41) is 0. The van der Waals surface area contributed by atoms with Gasteiger partial charge in [0.2, 0.25) is 0 Å². The number of benzene rings is 1. The second-order valence-corrected chi connectivity index (χ2v) is 7.38. The van der Waals surface area contributed by atoms with Gasteiger partial charge in [-0.25, -0.2) is 18.7 Å². The van der Waals surface area contributed by atoms with Gasteiger partial charge in [0.25, 0.3) is 0 Å². The smallest absolute Gasteiger partial charge is 0.159 e. The van der Waals surface area contributed by atoms with Gasteiger partial charge >= 0.3 is 0 Å². The number of rotatable bonds is 4. The lowest BCUT2D eigenvalue weighted by Crippen LogP contribution is -2.12. The molecule has 0 bridgehead atoms. The van der Waals surface area contributed by atoms with Crippen LogP contribution in [0.15, 0.2) is 24.5 Å². The molecule has 1 fully saturated rings. The van der Waals surface area contributed by atoms with E-state index in [2.05, 4.69) is 35.7 Å². The molecule has 0 amide bonds. The third-order valence-corrected chi connectivity index (χ3v) is 5.37. The van der Waals surface area contributed by atoms with E-state index in [9.17, 15) is 8.78 Å². The van der Waals surface area contributed by atoms with Crippen molar-refractivity contribution in [2.75, 3.05) is 0 Å². The highest BCUT2D eigenvalue weighted by atomic mass is 19.1. The standard InChI is InChI=1S/C23H26F2N2/c1-3-5-18-14-26-23(27-15-18)19-12-21(24)20(22(25)13-19)11-10-17-8-6-16(4-2)7-9-17/h12-17H,3-9H2,1-2H3. The Bertz CT molecular complexity index is 803. The first-order valence-electron chi connectivity index (χ1n) is 9.92. The molecule has 4 heteroatoms. The first kappa shape index (κ1) is 19.5. The molecule has 1 aromatic carbocycles. The van der Waals surface area contributed by atoms with Crippen LogP contribution in [0.2, 0.25) is 0 Å². The van der Waals surface area contributed by atoms with Crippen LogP contribution in [-0.4, -0.2) is 9.97 Å². The lowest BCUT2D eigenvalue weighted by atomic mass is 9.81. The molecule has 2 aromatic rings. The molecule has 1 aromatic heterocycles. The molecule has 0 spiro atoms. The van der Waals surface area contributed by atoms with Crippen LogP contribution in [0.4, 0.5) is 8.78 Å². The maximum absolute atomic E-state index is 14.5. The number of aromatic nitrogens is 2. The van der Waals surface area contributed by atoms with E-state index in [1.54, 1.807) is 12.4 Å². The van der Waals surface area contributed by atoms with Crippen LogP contribution in [0.3, 0.4) is 0 Å². The molecular formula is C23H26F2N2. The van der Waals surface area contributed by atoms with Crippen LogP contribution in [0.25, 0.3) is 11.4 Å². The SMILES string of the molecule is CCCc1cnc(-c2cc(F)c(C#CC3CCC(CC)CC3)c(F)c2)nc1. The van der Waals surface area contributed by atoms with Crippen molar-refractivity contribution in [2.45, 2.75) is 58.8 Å². The third-order valence-electron chi connectivity index (χ3n) is 5.37. The van der Waals surface area contributed by atoms with Gasteiger partial charge in [0, 0.05) is 23.9 Å². The van der Waals surface area contributed by atoms with Gasteiger partial charge in [-0.2, -0.15) is 0 Å². The zero-order chi connectivity index (χ0) is 19.2. The van der Waals surface area contributed by atoms with Gasteiger partial charge in [0.1, 0.15) is 11.6 Å². The minimum absolute atomic E-state index is 0.154. The molecule has 0 N–H and O–H groups in total. The molecule has 1 heterocycles. The van der Waals surface area contributed by atoms with Gasteiger partial charge in [0.05, 0.1) is 5.56 Å². The fourth-order valence-corrected chi connectivity index (χ4v) is 3.63. The van der Waals surface area contributed by atoms with Gasteiger partial charge < -0.3 is 0 Å². The van der Waals surface area contributed by atoms with E-state index < -0.39 is 11.6 Å². The van der Waals surface area contributed by atoms with Crippen molar-refractivity contribution in [1.29, 1.82) is 0 Å². The summed E-state index contributed by atoms with van der Waals surface area (Å²) in [5.74, 6) is 5.87.